The Morgan fingerprint density at radius 3 is 1.15 bits per heavy atom. The van der Waals surface area contributed by atoms with Crippen molar-refractivity contribution in [2.45, 2.75) is 27.7 Å². The van der Waals surface area contributed by atoms with Gasteiger partial charge in [0.2, 0.25) is 0 Å². The van der Waals surface area contributed by atoms with Crippen LogP contribution in [0.1, 0.15) is 22.8 Å². The first kappa shape index (κ1) is 38.2. The minimum absolute atomic E-state index is 0. The fraction of sp³-hybridized carbons (Fsp3) is 0.167. The van der Waals surface area contributed by atoms with Gasteiger partial charge in [0.25, 0.3) is 0 Å². The molecule has 48 heavy (non-hydrogen) atoms. The van der Waals surface area contributed by atoms with Gasteiger partial charge in [0.1, 0.15) is 0 Å². The third-order valence-electron chi connectivity index (χ3n) is 7.35. The molecule has 0 saturated heterocycles. The molecule has 8 rings (SSSR count). The van der Waals surface area contributed by atoms with Crippen LogP contribution in [0.4, 0.5) is 34.1 Å². The van der Waals surface area contributed by atoms with Crippen LogP contribution in [-0.2, 0) is 42.1 Å². The second-order valence-electron chi connectivity index (χ2n) is 10.6. The molecule has 2 aromatic heterocycles. The van der Waals surface area contributed by atoms with E-state index >= 15 is 0 Å². The first-order valence-corrected chi connectivity index (χ1v) is 14.8. The number of para-hydroxylation sites is 6. The molecule has 0 bridgehead atoms. The Hall–Kier alpha value is -4.26. The van der Waals surface area contributed by atoms with E-state index in [-0.39, 0.29) is 42.1 Å². The van der Waals surface area contributed by atoms with Crippen molar-refractivity contribution in [1.82, 2.24) is 30.8 Å². The summed E-state index contributed by atoms with van der Waals surface area (Å²) in [5.41, 5.74) is 10.7. The number of fused-ring (bicyclic) bond motifs is 2. The van der Waals surface area contributed by atoms with Crippen LogP contribution >= 0.6 is 0 Å². The van der Waals surface area contributed by atoms with Gasteiger partial charge in [0, 0.05) is 64.9 Å². The van der Waals surface area contributed by atoms with Crippen LogP contribution in [0, 0.1) is 53.2 Å². The summed E-state index contributed by atoms with van der Waals surface area (Å²) >= 11 is 0. The van der Waals surface area contributed by atoms with Crippen LogP contribution in [0.25, 0.3) is 0 Å². The quantitative estimate of drug-likeness (QED) is 0.180. The molecule has 0 amide bonds. The molecular weight excluding hydrogens is 963 g/mol. The smallest absolute Gasteiger partial charge is 0.0326 e. The van der Waals surface area contributed by atoms with Crippen molar-refractivity contribution in [1.29, 1.82) is 0 Å². The molecule has 0 aliphatic carbocycles. The fourth-order valence-electron chi connectivity index (χ4n) is 4.58. The predicted molar refractivity (Wildman–Crippen MR) is 183 cm³/mol. The first-order valence-electron chi connectivity index (χ1n) is 14.8. The van der Waals surface area contributed by atoms with Crippen molar-refractivity contribution < 1.29 is 42.1 Å². The molecule has 0 N–H and O–H groups in total. The maximum absolute atomic E-state index is 3.66. The van der Waals surface area contributed by atoms with E-state index in [0.717, 1.165) is 34.2 Å². The molecule has 256 valence electrons. The van der Waals surface area contributed by atoms with Gasteiger partial charge in [-0.3, -0.25) is 10.4 Å². The molecule has 4 heterocycles. The summed E-state index contributed by atoms with van der Waals surface area (Å²) < 4.78 is 0. The average Bonchev–Trinajstić information content (AvgIpc) is 3.86. The van der Waals surface area contributed by atoms with Crippen LogP contribution in [0.15, 0.2) is 97.1 Å². The molecule has 4 aromatic carbocycles. The van der Waals surface area contributed by atoms with Crippen LogP contribution < -0.4 is 29.8 Å². The number of hydrogen-bond donors (Lipinski definition) is 0. The number of aryl methyl sites for hydroxylation is 4. The van der Waals surface area contributed by atoms with Gasteiger partial charge in [0.15, 0.2) is 0 Å². The SMILES string of the molecule is CN1[CH-]N(c2[c-]cccc2)c2ccccc21.CN1[CH-]N(c2[c-]cccc2)c2ccccc21.Cc1nn[n-]c1C.Cc1nn[n-]c1C.[Pt].[Pt]. The summed E-state index contributed by atoms with van der Waals surface area (Å²) in [6, 6.07) is 39.2. The zero-order valence-corrected chi connectivity index (χ0v) is 32.0. The van der Waals surface area contributed by atoms with Gasteiger partial charge in [-0.1, -0.05) is 47.0 Å². The molecule has 0 fully saturated rings. The third-order valence-corrected chi connectivity index (χ3v) is 7.35. The summed E-state index contributed by atoms with van der Waals surface area (Å²) in [4.78, 5) is 8.54. The van der Waals surface area contributed by atoms with E-state index in [0.29, 0.717) is 0 Å². The summed E-state index contributed by atoms with van der Waals surface area (Å²) in [6.45, 7) is 11.7. The molecule has 0 atom stereocenters. The molecule has 2 aliphatic rings. The van der Waals surface area contributed by atoms with Crippen molar-refractivity contribution >= 4 is 34.1 Å². The van der Waals surface area contributed by atoms with Crippen LogP contribution in [0.5, 0.6) is 0 Å². The Morgan fingerprint density at radius 1 is 0.521 bits per heavy atom. The number of aromatic nitrogens is 6. The second kappa shape index (κ2) is 18.3. The normalized spacial score (nSPS) is 12.1. The van der Waals surface area contributed by atoms with Crippen LogP contribution in [0.2, 0.25) is 0 Å². The third kappa shape index (κ3) is 9.42. The Kier molecular flexibility index (Phi) is 14.6. The molecular formula is C36H36N10Pt2-6. The minimum Gasteiger partial charge on any atom is -0.504 e. The van der Waals surface area contributed by atoms with Gasteiger partial charge in [-0.05, 0) is 66.1 Å². The number of anilines is 6. The Labute approximate surface area is 312 Å². The summed E-state index contributed by atoms with van der Waals surface area (Å²) in [5.74, 6) is 0. The molecule has 0 unspecified atom stereocenters. The number of benzene rings is 4. The average molecular weight is 999 g/mol. The molecule has 0 spiro atoms. The predicted octanol–water partition coefficient (Wildman–Crippen LogP) is 6.48. The van der Waals surface area contributed by atoms with E-state index in [2.05, 4.69) is 151 Å². The maximum atomic E-state index is 3.66. The molecule has 12 heteroatoms. The van der Waals surface area contributed by atoms with E-state index in [1.54, 1.807) is 0 Å². The Morgan fingerprint density at radius 2 is 0.875 bits per heavy atom. The van der Waals surface area contributed by atoms with E-state index in [4.69, 9.17) is 0 Å². The van der Waals surface area contributed by atoms with E-state index < -0.39 is 0 Å². The summed E-state index contributed by atoms with van der Waals surface area (Å²) in [7, 11) is 4.11. The van der Waals surface area contributed by atoms with Crippen molar-refractivity contribution in [3.63, 3.8) is 0 Å². The number of nitrogens with zero attached hydrogens (tertiary/aromatic N) is 10. The molecule has 2 aliphatic heterocycles. The van der Waals surface area contributed by atoms with E-state index in [1.165, 1.54) is 22.7 Å². The van der Waals surface area contributed by atoms with Gasteiger partial charge < -0.3 is 40.0 Å². The standard InChI is InChI=1S/2C14H12N2.2C4H6N3.2Pt/c2*1-15-11-16(12-7-3-2-4-8-12)14-10-6-5-9-13(14)15;2*1-3-4(2)6-7-5-3;;/h2*2-7,9-11H,1H3;2*1-2H3;;/q2*-2;2*-1;;. The maximum Gasteiger partial charge on any atom is 0.0326 e. The topological polar surface area (TPSA) is 92.7 Å². The summed E-state index contributed by atoms with van der Waals surface area (Å²) in [5, 5.41) is 21.5. The van der Waals surface area contributed by atoms with Gasteiger partial charge in [-0.25, -0.2) is 0 Å². The molecule has 6 aromatic rings. The van der Waals surface area contributed by atoms with E-state index in [1.807, 2.05) is 64.1 Å². The van der Waals surface area contributed by atoms with Crippen molar-refractivity contribution in [3.8, 4) is 0 Å². The van der Waals surface area contributed by atoms with Gasteiger partial charge in [-0.15, -0.1) is 11.4 Å². The second-order valence-corrected chi connectivity index (χ2v) is 10.6. The largest absolute Gasteiger partial charge is 0.504 e. The van der Waals surface area contributed by atoms with Crippen molar-refractivity contribution in [2.75, 3.05) is 33.7 Å². The van der Waals surface area contributed by atoms with Crippen molar-refractivity contribution in [2.24, 2.45) is 0 Å². The molecule has 10 nitrogen and oxygen atoms in total. The fourth-order valence-corrected chi connectivity index (χ4v) is 4.58. The first-order chi connectivity index (χ1) is 22.3. The zero-order chi connectivity index (χ0) is 32.5. The Balaban J connectivity index is 0.000000183. The van der Waals surface area contributed by atoms with Crippen molar-refractivity contribution in [3.05, 3.63) is 145 Å². The number of rotatable bonds is 2. The Bertz CT molecular complexity index is 1640. The van der Waals surface area contributed by atoms with Gasteiger partial charge in [0.05, 0.1) is 0 Å². The summed E-state index contributed by atoms with van der Waals surface area (Å²) in [6.07, 6.45) is 0. The van der Waals surface area contributed by atoms with Gasteiger partial charge in [-0.2, -0.15) is 74.0 Å². The van der Waals surface area contributed by atoms with Gasteiger partial charge >= 0.3 is 0 Å². The zero-order valence-electron chi connectivity index (χ0n) is 27.5. The number of hydrogen-bond acceptors (Lipinski definition) is 8. The van der Waals surface area contributed by atoms with Crippen LogP contribution in [0.3, 0.4) is 0 Å². The molecule has 0 radical (unpaired) electrons. The van der Waals surface area contributed by atoms with Crippen LogP contribution in [-0.4, -0.2) is 34.7 Å². The molecule has 0 saturated carbocycles. The van der Waals surface area contributed by atoms with E-state index in [9.17, 15) is 0 Å². The minimum atomic E-state index is 0. The monoisotopic (exact) mass is 998 g/mol.